The summed E-state index contributed by atoms with van der Waals surface area (Å²) in [7, 11) is -2.13. The zero-order chi connectivity index (χ0) is 13.8. The molecule has 1 aliphatic heterocycles. The van der Waals surface area contributed by atoms with Crippen molar-refractivity contribution in [2.24, 2.45) is 5.92 Å². The van der Waals surface area contributed by atoms with Crippen LogP contribution in [0.4, 0.5) is 0 Å². The molecule has 1 heterocycles. The van der Waals surface area contributed by atoms with Crippen LogP contribution in [0.25, 0.3) is 0 Å². The second-order valence-corrected chi connectivity index (χ2v) is 13.5. The molecule has 0 unspecified atom stereocenters. The third kappa shape index (κ3) is 1.74. The van der Waals surface area contributed by atoms with Crippen molar-refractivity contribution in [1.29, 1.82) is 0 Å². The first-order chi connectivity index (χ1) is 8.15. The smallest absolute Gasteiger partial charge is 0.214 e. The van der Waals surface area contributed by atoms with Crippen molar-refractivity contribution in [1.82, 2.24) is 0 Å². The summed E-state index contributed by atoms with van der Waals surface area (Å²) in [6, 6.07) is 0. The number of carbonyl (C=O) groups excluding carboxylic acids is 1. The molecule has 0 aromatic heterocycles. The first kappa shape index (κ1) is 14.3. The lowest BCUT2D eigenvalue weighted by molar-refractivity contribution is -0.108. The monoisotopic (exact) mass is 268 g/mol. The van der Waals surface area contributed by atoms with Crippen LogP contribution in [0.2, 0.25) is 15.6 Å². The Hall–Kier alpha value is -0.153. The number of hydrogen-bond acceptors (Lipinski definition) is 2. The SMILES string of the molecule is CC(C)(C)[Si]1(C(C)(C)C)O[C@@H]2CCC[C@@H]2[C@@H]1C=O. The molecule has 1 saturated heterocycles. The van der Waals surface area contributed by atoms with Crippen molar-refractivity contribution >= 4 is 14.6 Å². The standard InChI is InChI=1S/C15H28O2Si/c1-14(2,3)18(15(4,5)6)13(10-16)11-8-7-9-12(11)17-18/h10-13H,7-9H2,1-6H3/t11-,12+,13-/m0/s1. The number of hydrogen-bond donors (Lipinski definition) is 0. The van der Waals surface area contributed by atoms with Crippen molar-refractivity contribution in [2.75, 3.05) is 0 Å². The third-order valence-corrected chi connectivity index (χ3v) is 11.8. The molecule has 2 aliphatic rings. The lowest BCUT2D eigenvalue weighted by Gasteiger charge is -2.50. The number of carbonyl (C=O) groups is 1. The van der Waals surface area contributed by atoms with Crippen molar-refractivity contribution < 1.29 is 9.22 Å². The van der Waals surface area contributed by atoms with E-state index in [-0.39, 0.29) is 15.6 Å². The molecule has 18 heavy (non-hydrogen) atoms. The number of rotatable bonds is 1. The fraction of sp³-hybridized carbons (Fsp3) is 0.933. The summed E-state index contributed by atoms with van der Waals surface area (Å²) in [5.74, 6) is 0.507. The summed E-state index contributed by atoms with van der Waals surface area (Å²) >= 11 is 0. The second-order valence-electron chi connectivity index (χ2n) is 8.15. The zero-order valence-corrected chi connectivity index (χ0v) is 13.7. The normalized spacial score (nSPS) is 35.6. The van der Waals surface area contributed by atoms with E-state index in [4.69, 9.17) is 4.43 Å². The van der Waals surface area contributed by atoms with Crippen LogP contribution in [0.5, 0.6) is 0 Å². The Kier molecular flexibility index (Phi) is 3.30. The van der Waals surface area contributed by atoms with Crippen LogP contribution in [-0.4, -0.2) is 20.7 Å². The van der Waals surface area contributed by atoms with Crippen LogP contribution in [0.3, 0.4) is 0 Å². The summed E-state index contributed by atoms with van der Waals surface area (Å²) in [5.41, 5.74) is 0.185. The van der Waals surface area contributed by atoms with Gasteiger partial charge in [-0.3, -0.25) is 0 Å². The van der Waals surface area contributed by atoms with Crippen LogP contribution in [0.15, 0.2) is 0 Å². The van der Waals surface area contributed by atoms with E-state index in [1.807, 2.05) is 0 Å². The van der Waals surface area contributed by atoms with Crippen molar-refractivity contribution in [3.8, 4) is 0 Å². The molecule has 104 valence electrons. The number of fused-ring (bicyclic) bond motifs is 1. The van der Waals surface area contributed by atoms with Gasteiger partial charge in [-0.2, -0.15) is 0 Å². The van der Waals surface area contributed by atoms with Gasteiger partial charge in [0.2, 0.25) is 8.32 Å². The fourth-order valence-electron chi connectivity index (χ4n) is 4.81. The van der Waals surface area contributed by atoms with E-state index >= 15 is 0 Å². The molecule has 0 aromatic carbocycles. The van der Waals surface area contributed by atoms with E-state index < -0.39 is 8.32 Å². The van der Waals surface area contributed by atoms with Gasteiger partial charge < -0.3 is 9.22 Å². The van der Waals surface area contributed by atoms with Crippen LogP contribution in [0.1, 0.15) is 60.8 Å². The Bertz CT molecular complexity index is 323. The summed E-state index contributed by atoms with van der Waals surface area (Å²) in [4.78, 5) is 11.8. The fourth-order valence-corrected chi connectivity index (χ4v) is 11.9. The highest BCUT2D eigenvalue weighted by molar-refractivity contribution is 6.83. The Morgan fingerprint density at radius 1 is 1.06 bits per heavy atom. The van der Waals surface area contributed by atoms with Gasteiger partial charge in [-0.1, -0.05) is 48.0 Å². The quantitative estimate of drug-likeness (QED) is 0.523. The van der Waals surface area contributed by atoms with Gasteiger partial charge in [0.1, 0.15) is 6.29 Å². The predicted octanol–water partition coefficient (Wildman–Crippen LogP) is 4.30. The molecule has 3 heteroatoms. The highest BCUT2D eigenvalue weighted by Crippen LogP contribution is 2.65. The summed E-state index contributed by atoms with van der Waals surface area (Å²) < 4.78 is 6.71. The topological polar surface area (TPSA) is 26.3 Å². The minimum absolute atomic E-state index is 0.112. The summed E-state index contributed by atoms with van der Waals surface area (Å²) in [6.07, 6.45) is 5.20. The van der Waals surface area contributed by atoms with Crippen LogP contribution < -0.4 is 0 Å². The van der Waals surface area contributed by atoms with Crippen molar-refractivity contribution in [2.45, 2.75) is 82.5 Å². The lowest BCUT2D eigenvalue weighted by Crippen LogP contribution is -2.56. The molecule has 1 aliphatic carbocycles. The van der Waals surface area contributed by atoms with E-state index in [1.54, 1.807) is 0 Å². The number of aldehydes is 1. The highest BCUT2D eigenvalue weighted by Gasteiger charge is 2.68. The van der Waals surface area contributed by atoms with E-state index in [0.29, 0.717) is 12.0 Å². The molecule has 0 amide bonds. The molecule has 3 atom stereocenters. The molecule has 0 N–H and O–H groups in total. The van der Waals surface area contributed by atoms with Gasteiger partial charge >= 0.3 is 0 Å². The molecule has 0 spiro atoms. The molecular formula is C15H28O2Si. The Labute approximate surface area is 113 Å². The minimum Gasteiger partial charge on any atom is -0.412 e. The van der Waals surface area contributed by atoms with Crippen molar-refractivity contribution in [3.05, 3.63) is 0 Å². The Morgan fingerprint density at radius 3 is 2.06 bits per heavy atom. The molecule has 1 saturated carbocycles. The van der Waals surface area contributed by atoms with Crippen LogP contribution in [0, 0.1) is 5.92 Å². The average molecular weight is 268 g/mol. The van der Waals surface area contributed by atoms with Crippen molar-refractivity contribution in [3.63, 3.8) is 0 Å². The maximum Gasteiger partial charge on any atom is 0.214 e. The average Bonchev–Trinajstić information content (AvgIpc) is 2.70. The molecule has 0 bridgehead atoms. The minimum atomic E-state index is -2.13. The molecule has 2 rings (SSSR count). The Morgan fingerprint density at radius 2 is 1.61 bits per heavy atom. The van der Waals surface area contributed by atoms with Gasteiger partial charge in [0, 0.05) is 11.6 Å². The molecule has 2 fully saturated rings. The van der Waals surface area contributed by atoms with Gasteiger partial charge in [0.15, 0.2) is 0 Å². The predicted molar refractivity (Wildman–Crippen MR) is 77.2 cm³/mol. The maximum absolute atomic E-state index is 11.8. The first-order valence-electron chi connectivity index (χ1n) is 7.28. The Balaban J connectivity index is 2.51. The molecular weight excluding hydrogens is 240 g/mol. The lowest BCUT2D eigenvalue weighted by atomic mass is 10.0. The van der Waals surface area contributed by atoms with Crippen LogP contribution in [-0.2, 0) is 9.22 Å². The van der Waals surface area contributed by atoms with Gasteiger partial charge in [0.05, 0.1) is 0 Å². The van der Waals surface area contributed by atoms with Gasteiger partial charge in [-0.15, -0.1) is 0 Å². The molecule has 0 aromatic rings. The molecule has 0 radical (unpaired) electrons. The van der Waals surface area contributed by atoms with E-state index in [0.717, 1.165) is 6.42 Å². The van der Waals surface area contributed by atoms with Gasteiger partial charge in [-0.25, -0.2) is 0 Å². The van der Waals surface area contributed by atoms with E-state index in [1.165, 1.54) is 19.1 Å². The third-order valence-electron chi connectivity index (χ3n) is 5.15. The highest BCUT2D eigenvalue weighted by atomic mass is 28.4. The zero-order valence-electron chi connectivity index (χ0n) is 12.7. The summed E-state index contributed by atoms with van der Waals surface area (Å²) in [6.45, 7) is 13.7. The molecule has 2 nitrogen and oxygen atoms in total. The van der Waals surface area contributed by atoms with Gasteiger partial charge in [0.25, 0.3) is 0 Å². The second kappa shape index (κ2) is 4.17. The first-order valence-corrected chi connectivity index (χ1v) is 9.27. The van der Waals surface area contributed by atoms with E-state index in [9.17, 15) is 4.79 Å². The van der Waals surface area contributed by atoms with Gasteiger partial charge in [-0.05, 0) is 28.8 Å². The maximum atomic E-state index is 11.8. The largest absolute Gasteiger partial charge is 0.412 e. The van der Waals surface area contributed by atoms with E-state index in [2.05, 4.69) is 41.5 Å². The van der Waals surface area contributed by atoms with Crippen LogP contribution >= 0.6 is 0 Å². The summed E-state index contributed by atoms with van der Waals surface area (Å²) in [5, 5.41) is 0.225.